The average molecular weight is 503 g/mol. The highest BCUT2D eigenvalue weighted by atomic mass is 127. The minimum absolute atomic E-state index is 0.227. The molecular formula is C17H16BrIN2O3. The number of halogens is 2. The van der Waals surface area contributed by atoms with Gasteiger partial charge in [-0.3, -0.25) is 4.79 Å². The maximum absolute atomic E-state index is 10.8. The number of hydrogen-bond donors (Lipinski definition) is 1. The summed E-state index contributed by atoms with van der Waals surface area (Å²) in [5, 5.41) is 3.85. The predicted octanol–water partition coefficient (Wildman–Crippen LogP) is 4.11. The molecule has 0 atom stereocenters. The summed E-state index contributed by atoms with van der Waals surface area (Å²) in [4.78, 5) is 10.8. The first-order valence-electron chi connectivity index (χ1n) is 7.04. The van der Waals surface area contributed by atoms with E-state index in [1.54, 1.807) is 13.2 Å². The number of rotatable bonds is 6. The third-order valence-electron chi connectivity index (χ3n) is 2.98. The SMILES string of the molecule is COc1cc(/C=N\NC(C)=O)cc(Br)c1OCc1ccc(I)cc1. The summed E-state index contributed by atoms with van der Waals surface area (Å²) in [5.74, 6) is 0.974. The van der Waals surface area contributed by atoms with Gasteiger partial charge < -0.3 is 9.47 Å². The largest absolute Gasteiger partial charge is 0.493 e. The lowest BCUT2D eigenvalue weighted by molar-refractivity contribution is -0.118. The first-order valence-corrected chi connectivity index (χ1v) is 8.91. The number of methoxy groups -OCH3 is 1. The van der Waals surface area contributed by atoms with Crippen molar-refractivity contribution in [2.75, 3.05) is 7.11 Å². The molecule has 0 saturated heterocycles. The van der Waals surface area contributed by atoms with Crippen molar-refractivity contribution in [1.82, 2.24) is 5.43 Å². The van der Waals surface area contributed by atoms with Gasteiger partial charge in [0.25, 0.3) is 0 Å². The molecule has 5 nitrogen and oxygen atoms in total. The third-order valence-corrected chi connectivity index (χ3v) is 4.29. The second-order valence-electron chi connectivity index (χ2n) is 4.88. The minimum atomic E-state index is -0.227. The van der Waals surface area contributed by atoms with Gasteiger partial charge in [-0.25, -0.2) is 5.43 Å². The Morgan fingerprint density at radius 2 is 2.04 bits per heavy atom. The van der Waals surface area contributed by atoms with Crippen LogP contribution in [0.25, 0.3) is 0 Å². The van der Waals surface area contributed by atoms with Gasteiger partial charge in [0.1, 0.15) is 6.61 Å². The van der Waals surface area contributed by atoms with Gasteiger partial charge >= 0.3 is 0 Å². The predicted molar refractivity (Wildman–Crippen MR) is 106 cm³/mol. The number of ether oxygens (including phenoxy) is 2. The Labute approximate surface area is 162 Å². The maximum Gasteiger partial charge on any atom is 0.236 e. The molecular weight excluding hydrogens is 487 g/mol. The van der Waals surface area contributed by atoms with Crippen LogP contribution in [-0.4, -0.2) is 19.2 Å². The van der Waals surface area contributed by atoms with E-state index in [1.807, 2.05) is 30.3 Å². The molecule has 0 unspecified atom stereocenters. The first kappa shape index (κ1) is 18.7. The molecule has 0 heterocycles. The Morgan fingerprint density at radius 3 is 2.67 bits per heavy atom. The lowest BCUT2D eigenvalue weighted by Gasteiger charge is -2.13. The quantitative estimate of drug-likeness (QED) is 0.367. The average Bonchev–Trinajstić information content (AvgIpc) is 2.54. The Balaban J connectivity index is 2.15. The van der Waals surface area contributed by atoms with Crippen LogP contribution in [0.4, 0.5) is 0 Å². The Kier molecular flexibility index (Phi) is 7.04. The number of carbonyl (C=O) groups excluding carboxylic acids is 1. The molecule has 126 valence electrons. The lowest BCUT2D eigenvalue weighted by atomic mass is 10.2. The number of benzene rings is 2. The van der Waals surface area contributed by atoms with E-state index >= 15 is 0 Å². The van der Waals surface area contributed by atoms with E-state index in [1.165, 1.54) is 16.7 Å². The van der Waals surface area contributed by atoms with Crippen molar-refractivity contribution in [2.45, 2.75) is 13.5 Å². The molecule has 0 aliphatic carbocycles. The monoisotopic (exact) mass is 502 g/mol. The van der Waals surface area contributed by atoms with E-state index in [9.17, 15) is 4.79 Å². The van der Waals surface area contributed by atoms with Crippen molar-refractivity contribution in [3.05, 3.63) is 55.6 Å². The van der Waals surface area contributed by atoms with Crippen LogP contribution >= 0.6 is 38.5 Å². The van der Waals surface area contributed by atoms with Gasteiger partial charge in [0, 0.05) is 10.5 Å². The number of amides is 1. The second-order valence-corrected chi connectivity index (χ2v) is 6.98. The van der Waals surface area contributed by atoms with E-state index in [0.717, 1.165) is 15.6 Å². The van der Waals surface area contributed by atoms with Gasteiger partial charge in [0.2, 0.25) is 5.91 Å². The van der Waals surface area contributed by atoms with E-state index < -0.39 is 0 Å². The fraction of sp³-hybridized carbons (Fsp3) is 0.176. The molecule has 0 aromatic heterocycles. The second kappa shape index (κ2) is 9.03. The van der Waals surface area contributed by atoms with E-state index in [4.69, 9.17) is 9.47 Å². The molecule has 0 aliphatic rings. The van der Waals surface area contributed by atoms with Crippen LogP contribution in [0.1, 0.15) is 18.1 Å². The maximum atomic E-state index is 10.8. The van der Waals surface area contributed by atoms with Crippen molar-refractivity contribution in [3.63, 3.8) is 0 Å². The minimum Gasteiger partial charge on any atom is -0.493 e. The van der Waals surface area contributed by atoms with E-state index in [0.29, 0.717) is 18.1 Å². The standard InChI is InChI=1S/C17H16BrIN2O3/c1-11(22)21-20-9-13-7-15(18)17(16(8-13)23-2)24-10-12-3-5-14(19)6-4-12/h3-9H,10H2,1-2H3,(H,21,22)/b20-9-. The molecule has 7 heteroatoms. The summed E-state index contributed by atoms with van der Waals surface area (Å²) in [7, 11) is 1.58. The van der Waals surface area contributed by atoms with Crippen LogP contribution in [0.2, 0.25) is 0 Å². The van der Waals surface area contributed by atoms with Crippen molar-refractivity contribution < 1.29 is 14.3 Å². The van der Waals surface area contributed by atoms with Crippen molar-refractivity contribution in [3.8, 4) is 11.5 Å². The zero-order valence-corrected chi connectivity index (χ0v) is 16.9. The number of carbonyl (C=O) groups is 1. The van der Waals surface area contributed by atoms with Gasteiger partial charge in [-0.2, -0.15) is 5.10 Å². The Bertz CT molecular complexity index is 748. The fourth-order valence-electron chi connectivity index (χ4n) is 1.89. The Morgan fingerprint density at radius 1 is 1.33 bits per heavy atom. The smallest absolute Gasteiger partial charge is 0.236 e. The highest BCUT2D eigenvalue weighted by Crippen LogP contribution is 2.36. The molecule has 0 spiro atoms. The topological polar surface area (TPSA) is 59.9 Å². The molecule has 2 aromatic rings. The van der Waals surface area contributed by atoms with Crippen molar-refractivity contribution in [1.29, 1.82) is 0 Å². The summed E-state index contributed by atoms with van der Waals surface area (Å²) in [6.07, 6.45) is 1.54. The molecule has 0 radical (unpaired) electrons. The molecule has 0 fully saturated rings. The van der Waals surface area contributed by atoms with Crippen molar-refractivity contribution in [2.24, 2.45) is 5.10 Å². The highest BCUT2D eigenvalue weighted by Gasteiger charge is 2.11. The molecule has 0 bridgehead atoms. The first-order chi connectivity index (χ1) is 11.5. The van der Waals surface area contributed by atoms with Gasteiger partial charge in [0.05, 0.1) is 17.8 Å². The molecule has 0 saturated carbocycles. The Hall–Kier alpha value is -1.61. The zero-order chi connectivity index (χ0) is 17.5. The van der Waals surface area contributed by atoms with Crippen LogP contribution in [-0.2, 0) is 11.4 Å². The summed E-state index contributed by atoms with van der Waals surface area (Å²) in [5.41, 5.74) is 4.20. The van der Waals surface area contributed by atoms with Crippen LogP contribution in [0, 0.1) is 3.57 Å². The van der Waals surface area contributed by atoms with E-state index in [2.05, 4.69) is 49.0 Å². The van der Waals surface area contributed by atoms with Gasteiger partial charge in [-0.1, -0.05) is 12.1 Å². The van der Waals surface area contributed by atoms with Gasteiger partial charge in [-0.05, 0) is 73.9 Å². The third kappa shape index (κ3) is 5.48. The van der Waals surface area contributed by atoms with E-state index in [-0.39, 0.29) is 5.91 Å². The summed E-state index contributed by atoms with van der Waals surface area (Å²) < 4.78 is 13.2. The van der Waals surface area contributed by atoms with Crippen LogP contribution in [0.5, 0.6) is 11.5 Å². The van der Waals surface area contributed by atoms with Gasteiger partial charge in [-0.15, -0.1) is 0 Å². The highest BCUT2D eigenvalue weighted by molar-refractivity contribution is 14.1. The molecule has 0 aliphatic heterocycles. The summed E-state index contributed by atoms with van der Waals surface area (Å²) >= 11 is 5.75. The lowest BCUT2D eigenvalue weighted by Crippen LogP contribution is -2.12. The normalized spacial score (nSPS) is 10.7. The number of nitrogens with one attached hydrogen (secondary N) is 1. The van der Waals surface area contributed by atoms with Crippen molar-refractivity contribution >= 4 is 50.6 Å². The number of hydrazone groups is 1. The van der Waals surface area contributed by atoms with Gasteiger partial charge in [0.15, 0.2) is 11.5 Å². The molecule has 1 N–H and O–H groups in total. The van der Waals surface area contributed by atoms with Crippen LogP contribution in [0.15, 0.2) is 46.0 Å². The summed E-state index contributed by atoms with van der Waals surface area (Å²) in [6, 6.07) is 11.8. The number of nitrogens with zero attached hydrogens (tertiary/aromatic N) is 1. The molecule has 1 amide bonds. The summed E-state index contributed by atoms with van der Waals surface area (Å²) in [6.45, 7) is 1.83. The van der Waals surface area contributed by atoms with Crippen LogP contribution in [0.3, 0.4) is 0 Å². The fourth-order valence-corrected chi connectivity index (χ4v) is 2.82. The van der Waals surface area contributed by atoms with Crippen LogP contribution < -0.4 is 14.9 Å². The molecule has 2 rings (SSSR count). The molecule has 2 aromatic carbocycles. The molecule has 24 heavy (non-hydrogen) atoms. The zero-order valence-electron chi connectivity index (χ0n) is 13.2. The number of hydrogen-bond acceptors (Lipinski definition) is 4.